The average Bonchev–Trinajstić information content (AvgIpc) is 2.46. The predicted octanol–water partition coefficient (Wildman–Crippen LogP) is 4.41. The molecule has 3 rings (SSSR count). The number of carbonyl (C=O) groups is 1. The van der Waals surface area contributed by atoms with Gasteiger partial charge in [-0.05, 0) is 42.7 Å². The number of hydrogen-bond acceptors (Lipinski definition) is 2. The van der Waals surface area contributed by atoms with Crippen molar-refractivity contribution < 1.29 is 4.79 Å². The maximum absolute atomic E-state index is 11.5. The van der Waals surface area contributed by atoms with Crippen molar-refractivity contribution in [1.82, 2.24) is 4.98 Å². The first kappa shape index (κ1) is 12.5. The number of nitrogens with zero attached hydrogens (tertiary/aromatic N) is 1. The maximum Gasteiger partial charge on any atom is 0.160 e. The van der Waals surface area contributed by atoms with Crippen LogP contribution in [0.4, 0.5) is 0 Å². The summed E-state index contributed by atoms with van der Waals surface area (Å²) in [4.78, 5) is 15.9. The number of aryl methyl sites for hydroxylation is 1. The van der Waals surface area contributed by atoms with Crippen LogP contribution in [0.3, 0.4) is 0 Å². The van der Waals surface area contributed by atoms with Crippen LogP contribution in [-0.2, 0) is 0 Å². The summed E-state index contributed by atoms with van der Waals surface area (Å²) in [6.45, 7) is 3.58. The highest BCUT2D eigenvalue weighted by atomic mass is 16.1. The first-order valence-electron chi connectivity index (χ1n) is 6.62. The highest BCUT2D eigenvalue weighted by Crippen LogP contribution is 2.28. The zero-order valence-electron chi connectivity index (χ0n) is 11.6. The number of para-hydroxylation sites is 1. The lowest BCUT2D eigenvalue weighted by Gasteiger charge is -2.09. The van der Waals surface area contributed by atoms with Gasteiger partial charge in [0.05, 0.1) is 5.52 Å². The first-order chi connectivity index (χ1) is 9.66. The third-order valence-corrected chi connectivity index (χ3v) is 3.57. The van der Waals surface area contributed by atoms with Crippen molar-refractivity contribution in [1.29, 1.82) is 0 Å². The summed E-state index contributed by atoms with van der Waals surface area (Å²) in [6, 6.07) is 16.1. The lowest BCUT2D eigenvalue weighted by atomic mass is 9.96. The number of pyridine rings is 1. The third-order valence-electron chi connectivity index (χ3n) is 3.57. The summed E-state index contributed by atoms with van der Waals surface area (Å²) in [5.41, 5.74) is 5.04. The standard InChI is InChI=1S/C18H15NO/c1-12-11-14(7-8-15(12)13(2)20)16-9-10-19-18-6-4-3-5-17(16)18/h3-11H,1-2H3. The van der Waals surface area contributed by atoms with Crippen molar-refractivity contribution in [2.75, 3.05) is 0 Å². The van der Waals surface area contributed by atoms with Gasteiger partial charge in [-0.1, -0.05) is 36.4 Å². The van der Waals surface area contributed by atoms with Crippen LogP contribution < -0.4 is 0 Å². The van der Waals surface area contributed by atoms with E-state index >= 15 is 0 Å². The topological polar surface area (TPSA) is 30.0 Å². The second-order valence-electron chi connectivity index (χ2n) is 4.96. The highest BCUT2D eigenvalue weighted by molar-refractivity contribution is 5.98. The third kappa shape index (κ3) is 2.10. The van der Waals surface area contributed by atoms with E-state index in [2.05, 4.69) is 17.1 Å². The molecule has 2 nitrogen and oxygen atoms in total. The fraction of sp³-hybridized carbons (Fsp3) is 0.111. The van der Waals surface area contributed by atoms with E-state index in [1.54, 1.807) is 6.92 Å². The predicted molar refractivity (Wildman–Crippen MR) is 81.9 cm³/mol. The molecule has 2 heteroatoms. The second kappa shape index (κ2) is 4.89. The summed E-state index contributed by atoms with van der Waals surface area (Å²) >= 11 is 0. The molecule has 1 aromatic heterocycles. The van der Waals surface area contributed by atoms with Crippen molar-refractivity contribution in [3.63, 3.8) is 0 Å². The molecule has 0 atom stereocenters. The Bertz CT molecular complexity index is 800. The van der Waals surface area contributed by atoms with E-state index in [-0.39, 0.29) is 5.78 Å². The molecule has 0 saturated carbocycles. The van der Waals surface area contributed by atoms with Crippen LogP contribution in [-0.4, -0.2) is 10.8 Å². The Morgan fingerprint density at radius 1 is 1.05 bits per heavy atom. The van der Waals surface area contributed by atoms with Gasteiger partial charge < -0.3 is 0 Å². The van der Waals surface area contributed by atoms with Crippen molar-refractivity contribution in [2.45, 2.75) is 13.8 Å². The Hall–Kier alpha value is -2.48. The van der Waals surface area contributed by atoms with Gasteiger partial charge in [0.25, 0.3) is 0 Å². The number of rotatable bonds is 2. The van der Waals surface area contributed by atoms with E-state index in [9.17, 15) is 4.79 Å². The molecule has 2 aromatic carbocycles. The van der Waals surface area contributed by atoms with E-state index in [1.807, 2.05) is 49.5 Å². The molecule has 0 aliphatic carbocycles. The number of Topliss-reactive ketones (excluding diaryl/α,β-unsaturated/α-hetero) is 1. The van der Waals surface area contributed by atoms with Gasteiger partial charge in [0, 0.05) is 17.1 Å². The molecule has 0 N–H and O–H groups in total. The van der Waals surface area contributed by atoms with Gasteiger partial charge in [-0.2, -0.15) is 0 Å². The monoisotopic (exact) mass is 261 g/mol. The fourth-order valence-electron chi connectivity index (χ4n) is 2.57. The molecular weight excluding hydrogens is 246 g/mol. The molecule has 20 heavy (non-hydrogen) atoms. The number of fused-ring (bicyclic) bond motifs is 1. The van der Waals surface area contributed by atoms with Gasteiger partial charge in [0.15, 0.2) is 5.78 Å². The molecule has 0 bridgehead atoms. The Labute approximate surface area is 118 Å². The smallest absolute Gasteiger partial charge is 0.160 e. The molecule has 0 saturated heterocycles. The number of benzene rings is 2. The molecular formula is C18H15NO. The zero-order valence-corrected chi connectivity index (χ0v) is 11.6. The minimum absolute atomic E-state index is 0.105. The van der Waals surface area contributed by atoms with Gasteiger partial charge in [-0.15, -0.1) is 0 Å². The number of hydrogen-bond donors (Lipinski definition) is 0. The van der Waals surface area contributed by atoms with Crippen LogP contribution in [0.5, 0.6) is 0 Å². The average molecular weight is 261 g/mol. The van der Waals surface area contributed by atoms with Crippen LogP contribution in [0.1, 0.15) is 22.8 Å². The Morgan fingerprint density at radius 3 is 2.60 bits per heavy atom. The lowest BCUT2D eigenvalue weighted by molar-refractivity contribution is 0.101. The van der Waals surface area contributed by atoms with Crippen LogP contribution in [0, 0.1) is 6.92 Å². The first-order valence-corrected chi connectivity index (χ1v) is 6.62. The van der Waals surface area contributed by atoms with Crippen LogP contribution in [0.15, 0.2) is 54.7 Å². The number of aromatic nitrogens is 1. The maximum atomic E-state index is 11.5. The molecule has 1 heterocycles. The van der Waals surface area contributed by atoms with E-state index in [0.717, 1.165) is 33.2 Å². The van der Waals surface area contributed by atoms with Gasteiger partial charge in [0.2, 0.25) is 0 Å². The lowest BCUT2D eigenvalue weighted by Crippen LogP contribution is -1.96. The van der Waals surface area contributed by atoms with E-state index in [0.29, 0.717) is 0 Å². The van der Waals surface area contributed by atoms with Gasteiger partial charge in [0.1, 0.15) is 0 Å². The Morgan fingerprint density at radius 2 is 1.85 bits per heavy atom. The normalized spacial score (nSPS) is 10.7. The Kier molecular flexibility index (Phi) is 3.07. The van der Waals surface area contributed by atoms with Crippen molar-refractivity contribution in [3.05, 3.63) is 65.9 Å². The van der Waals surface area contributed by atoms with Crippen LogP contribution in [0.25, 0.3) is 22.0 Å². The molecule has 0 amide bonds. The number of carbonyl (C=O) groups excluding carboxylic acids is 1. The Balaban J connectivity index is 2.21. The molecule has 0 aliphatic rings. The molecule has 0 spiro atoms. The second-order valence-corrected chi connectivity index (χ2v) is 4.96. The minimum Gasteiger partial charge on any atom is -0.295 e. The van der Waals surface area contributed by atoms with E-state index in [4.69, 9.17) is 0 Å². The number of ketones is 1. The van der Waals surface area contributed by atoms with Crippen molar-refractivity contribution >= 4 is 16.7 Å². The summed E-state index contributed by atoms with van der Waals surface area (Å²) in [5.74, 6) is 0.105. The molecule has 0 unspecified atom stereocenters. The van der Waals surface area contributed by atoms with E-state index in [1.165, 1.54) is 0 Å². The summed E-state index contributed by atoms with van der Waals surface area (Å²) in [7, 11) is 0. The molecule has 98 valence electrons. The molecule has 3 aromatic rings. The van der Waals surface area contributed by atoms with Crippen molar-refractivity contribution in [2.24, 2.45) is 0 Å². The largest absolute Gasteiger partial charge is 0.295 e. The van der Waals surface area contributed by atoms with Gasteiger partial charge >= 0.3 is 0 Å². The van der Waals surface area contributed by atoms with Crippen LogP contribution >= 0.6 is 0 Å². The summed E-state index contributed by atoms with van der Waals surface area (Å²) in [6.07, 6.45) is 1.83. The molecule has 0 radical (unpaired) electrons. The summed E-state index contributed by atoms with van der Waals surface area (Å²) in [5, 5.41) is 1.13. The molecule has 0 fully saturated rings. The van der Waals surface area contributed by atoms with Crippen molar-refractivity contribution in [3.8, 4) is 11.1 Å². The highest BCUT2D eigenvalue weighted by Gasteiger charge is 2.08. The van der Waals surface area contributed by atoms with Gasteiger partial charge in [-0.3, -0.25) is 9.78 Å². The quantitative estimate of drug-likeness (QED) is 0.639. The summed E-state index contributed by atoms with van der Waals surface area (Å²) < 4.78 is 0. The SMILES string of the molecule is CC(=O)c1ccc(-c2ccnc3ccccc23)cc1C. The van der Waals surface area contributed by atoms with Gasteiger partial charge in [-0.25, -0.2) is 0 Å². The van der Waals surface area contributed by atoms with E-state index < -0.39 is 0 Å². The zero-order chi connectivity index (χ0) is 14.1. The fourth-order valence-corrected chi connectivity index (χ4v) is 2.57. The minimum atomic E-state index is 0.105. The molecule has 0 aliphatic heterocycles. The van der Waals surface area contributed by atoms with Crippen LogP contribution in [0.2, 0.25) is 0 Å².